The first-order chi connectivity index (χ1) is 8.45. The van der Waals surface area contributed by atoms with Crippen LogP contribution in [0.3, 0.4) is 0 Å². The summed E-state index contributed by atoms with van der Waals surface area (Å²) in [7, 11) is 2.13. The fourth-order valence-electron chi connectivity index (χ4n) is 1.65. The normalized spacial score (nSPS) is 12.2. The van der Waals surface area contributed by atoms with Gasteiger partial charge in [-0.25, -0.2) is 12.7 Å². The number of aromatic nitrogens is 2. The highest BCUT2D eigenvalue weighted by Gasteiger charge is 2.17. The van der Waals surface area contributed by atoms with Gasteiger partial charge in [0.25, 0.3) is 0 Å². The van der Waals surface area contributed by atoms with Crippen molar-refractivity contribution in [3.05, 3.63) is 18.0 Å². The third-order valence-electron chi connectivity index (χ3n) is 2.72. The van der Waals surface area contributed by atoms with E-state index in [1.54, 1.807) is 17.9 Å². The van der Waals surface area contributed by atoms with E-state index in [4.69, 9.17) is 0 Å². The van der Waals surface area contributed by atoms with Gasteiger partial charge in [-0.2, -0.15) is 5.10 Å². The first-order valence-corrected chi connectivity index (χ1v) is 7.63. The average Bonchev–Trinajstić information content (AvgIpc) is 2.70. The van der Waals surface area contributed by atoms with Gasteiger partial charge in [-0.1, -0.05) is 0 Å². The van der Waals surface area contributed by atoms with Crippen LogP contribution >= 0.6 is 0 Å². The Labute approximate surface area is 109 Å². The fourth-order valence-corrected chi connectivity index (χ4v) is 2.88. The topological polar surface area (TPSA) is 67.2 Å². The standard InChI is InChI=1S/C11H22N4O2S/c1-12-6-4-5-7-18(16,17)15(3)10-11-8-13-14(2)9-11/h8-9,12H,4-7,10H2,1-3H3. The van der Waals surface area contributed by atoms with Crippen molar-refractivity contribution in [3.8, 4) is 0 Å². The number of hydrogen-bond acceptors (Lipinski definition) is 4. The summed E-state index contributed by atoms with van der Waals surface area (Å²) in [5, 5.41) is 7.03. The Morgan fingerprint density at radius 2 is 2.17 bits per heavy atom. The number of nitrogens with one attached hydrogen (secondary N) is 1. The van der Waals surface area contributed by atoms with Gasteiger partial charge in [0.05, 0.1) is 11.9 Å². The summed E-state index contributed by atoms with van der Waals surface area (Å²) < 4.78 is 27.0. The Morgan fingerprint density at radius 1 is 1.44 bits per heavy atom. The van der Waals surface area contributed by atoms with Crippen molar-refractivity contribution >= 4 is 10.0 Å². The summed E-state index contributed by atoms with van der Waals surface area (Å²) in [5.41, 5.74) is 0.902. The second-order valence-corrected chi connectivity index (χ2v) is 6.60. The lowest BCUT2D eigenvalue weighted by Gasteiger charge is -2.16. The van der Waals surface area contributed by atoms with E-state index in [0.717, 1.165) is 18.5 Å². The highest BCUT2D eigenvalue weighted by atomic mass is 32.2. The summed E-state index contributed by atoms with van der Waals surface area (Å²) in [6, 6.07) is 0. The first-order valence-electron chi connectivity index (χ1n) is 6.02. The van der Waals surface area contributed by atoms with Gasteiger partial charge in [0.15, 0.2) is 0 Å². The van der Waals surface area contributed by atoms with Crippen LogP contribution in [0.5, 0.6) is 0 Å². The highest BCUT2D eigenvalue weighted by molar-refractivity contribution is 7.89. The van der Waals surface area contributed by atoms with E-state index >= 15 is 0 Å². The number of aryl methyl sites for hydroxylation is 1. The summed E-state index contributed by atoms with van der Waals surface area (Å²) in [4.78, 5) is 0. The number of rotatable bonds is 8. The summed E-state index contributed by atoms with van der Waals surface area (Å²) in [6.07, 6.45) is 5.07. The second kappa shape index (κ2) is 6.86. The van der Waals surface area contributed by atoms with Crippen LogP contribution in [0.4, 0.5) is 0 Å². The average molecular weight is 274 g/mol. The summed E-state index contributed by atoms with van der Waals surface area (Å²) >= 11 is 0. The molecule has 1 N–H and O–H groups in total. The van der Waals surface area contributed by atoms with E-state index in [-0.39, 0.29) is 5.75 Å². The minimum atomic E-state index is -3.16. The Balaban J connectivity index is 2.46. The summed E-state index contributed by atoms with van der Waals surface area (Å²) in [6.45, 7) is 1.23. The smallest absolute Gasteiger partial charge is 0.214 e. The molecule has 0 aliphatic carbocycles. The van der Waals surface area contributed by atoms with Crippen LogP contribution in [0.15, 0.2) is 12.4 Å². The van der Waals surface area contributed by atoms with Crippen LogP contribution in [-0.4, -0.2) is 48.9 Å². The molecule has 0 fully saturated rings. The molecule has 1 aromatic heterocycles. The van der Waals surface area contributed by atoms with E-state index in [2.05, 4.69) is 10.4 Å². The lowest BCUT2D eigenvalue weighted by atomic mass is 10.3. The molecule has 0 aliphatic rings. The monoisotopic (exact) mass is 274 g/mol. The molecule has 104 valence electrons. The van der Waals surface area contributed by atoms with Crippen molar-refractivity contribution in [1.29, 1.82) is 0 Å². The van der Waals surface area contributed by atoms with Gasteiger partial charge in [0.2, 0.25) is 10.0 Å². The van der Waals surface area contributed by atoms with E-state index in [1.165, 1.54) is 4.31 Å². The Morgan fingerprint density at radius 3 is 2.72 bits per heavy atom. The molecule has 0 radical (unpaired) electrons. The molecule has 0 aliphatic heterocycles. The van der Waals surface area contributed by atoms with Crippen LogP contribution in [0.1, 0.15) is 18.4 Å². The third-order valence-corrected chi connectivity index (χ3v) is 4.60. The molecule has 0 aromatic carbocycles. The lowest BCUT2D eigenvalue weighted by molar-refractivity contribution is 0.464. The fraction of sp³-hybridized carbons (Fsp3) is 0.727. The van der Waals surface area contributed by atoms with Crippen molar-refractivity contribution in [1.82, 2.24) is 19.4 Å². The van der Waals surface area contributed by atoms with E-state index in [0.29, 0.717) is 13.0 Å². The maximum absolute atomic E-state index is 12.0. The number of nitrogens with zero attached hydrogens (tertiary/aromatic N) is 3. The van der Waals surface area contributed by atoms with Gasteiger partial charge in [0, 0.05) is 32.4 Å². The van der Waals surface area contributed by atoms with E-state index in [1.807, 2.05) is 20.3 Å². The largest absolute Gasteiger partial charge is 0.320 e. The highest BCUT2D eigenvalue weighted by Crippen LogP contribution is 2.08. The van der Waals surface area contributed by atoms with Gasteiger partial charge in [-0.3, -0.25) is 4.68 Å². The molecule has 6 nitrogen and oxygen atoms in total. The molecule has 0 spiro atoms. The van der Waals surface area contributed by atoms with Gasteiger partial charge in [-0.05, 0) is 26.4 Å². The Kier molecular flexibility index (Phi) is 5.77. The zero-order valence-electron chi connectivity index (χ0n) is 11.3. The molecule has 0 saturated carbocycles. The molecule has 0 saturated heterocycles. The van der Waals surface area contributed by atoms with Gasteiger partial charge < -0.3 is 5.32 Å². The lowest BCUT2D eigenvalue weighted by Crippen LogP contribution is -2.29. The first kappa shape index (κ1) is 15.1. The molecule has 0 bridgehead atoms. The summed E-state index contributed by atoms with van der Waals surface area (Å²) in [5.74, 6) is 0.200. The molecular weight excluding hydrogens is 252 g/mol. The predicted molar refractivity (Wildman–Crippen MR) is 71.6 cm³/mol. The van der Waals surface area contributed by atoms with Crippen molar-refractivity contribution in [2.45, 2.75) is 19.4 Å². The van der Waals surface area contributed by atoms with E-state index in [9.17, 15) is 8.42 Å². The van der Waals surface area contributed by atoms with Gasteiger partial charge in [-0.15, -0.1) is 0 Å². The zero-order valence-corrected chi connectivity index (χ0v) is 12.1. The van der Waals surface area contributed by atoms with E-state index < -0.39 is 10.0 Å². The maximum Gasteiger partial charge on any atom is 0.214 e. The van der Waals surface area contributed by atoms with Crippen molar-refractivity contribution in [2.24, 2.45) is 7.05 Å². The SMILES string of the molecule is CNCCCCS(=O)(=O)N(C)Cc1cnn(C)c1. The van der Waals surface area contributed by atoms with Gasteiger partial charge >= 0.3 is 0 Å². The molecule has 1 aromatic rings. The zero-order chi connectivity index (χ0) is 13.6. The van der Waals surface area contributed by atoms with Crippen LogP contribution in [0, 0.1) is 0 Å². The van der Waals surface area contributed by atoms with Crippen molar-refractivity contribution in [3.63, 3.8) is 0 Å². The molecule has 7 heteroatoms. The minimum absolute atomic E-state index is 0.200. The Hall–Kier alpha value is -0.920. The van der Waals surface area contributed by atoms with Crippen LogP contribution in [0.2, 0.25) is 0 Å². The van der Waals surface area contributed by atoms with Crippen LogP contribution < -0.4 is 5.32 Å². The molecule has 1 rings (SSSR count). The molecule has 0 unspecified atom stereocenters. The minimum Gasteiger partial charge on any atom is -0.320 e. The molecule has 18 heavy (non-hydrogen) atoms. The quantitative estimate of drug-likeness (QED) is 0.687. The number of hydrogen-bond donors (Lipinski definition) is 1. The molecule has 0 atom stereocenters. The van der Waals surface area contributed by atoms with Crippen molar-refractivity contribution in [2.75, 3.05) is 26.4 Å². The van der Waals surface area contributed by atoms with Crippen LogP contribution in [0.25, 0.3) is 0 Å². The third kappa shape index (κ3) is 4.75. The second-order valence-electron chi connectivity index (χ2n) is 4.40. The van der Waals surface area contributed by atoms with Crippen molar-refractivity contribution < 1.29 is 8.42 Å². The Bertz CT molecular complexity index is 455. The maximum atomic E-state index is 12.0. The molecular formula is C11H22N4O2S. The number of sulfonamides is 1. The van der Waals surface area contributed by atoms with Gasteiger partial charge in [0.1, 0.15) is 0 Å². The number of unbranched alkanes of at least 4 members (excludes halogenated alkanes) is 1. The molecule has 0 amide bonds. The van der Waals surface area contributed by atoms with Crippen LogP contribution in [-0.2, 0) is 23.6 Å². The predicted octanol–water partition coefficient (Wildman–Crippen LogP) is 0.181. The molecule has 1 heterocycles.